The standard InChI is InChI=1S/C21H23IN6O2S/c1-15-7-8-23-19(13-15)26-20-14-21(25-16(2)24-20)27-9-11-28(12-10-27)31(29,30)18-5-3-17(22)4-6-18/h3-8,13-14H,9-12H2,1-2H3,(H,23,24,25,26). The van der Waals surface area contributed by atoms with Gasteiger partial charge in [-0.25, -0.2) is 23.4 Å². The van der Waals surface area contributed by atoms with Crippen molar-refractivity contribution >= 4 is 50.1 Å². The van der Waals surface area contributed by atoms with Crippen LogP contribution in [0.3, 0.4) is 0 Å². The van der Waals surface area contributed by atoms with Gasteiger partial charge in [0.1, 0.15) is 23.3 Å². The molecule has 0 saturated carbocycles. The molecule has 0 radical (unpaired) electrons. The lowest BCUT2D eigenvalue weighted by molar-refractivity contribution is 0.383. The fraction of sp³-hybridized carbons (Fsp3) is 0.286. The lowest BCUT2D eigenvalue weighted by atomic mass is 10.3. The van der Waals surface area contributed by atoms with E-state index in [1.54, 1.807) is 18.3 Å². The third-order valence-corrected chi connectivity index (χ3v) is 7.64. The van der Waals surface area contributed by atoms with Crippen LogP contribution < -0.4 is 10.2 Å². The van der Waals surface area contributed by atoms with Crippen LogP contribution in [-0.2, 0) is 10.0 Å². The first-order valence-corrected chi connectivity index (χ1v) is 12.4. The van der Waals surface area contributed by atoms with E-state index in [-0.39, 0.29) is 0 Å². The van der Waals surface area contributed by atoms with Crippen molar-refractivity contribution in [3.05, 3.63) is 63.6 Å². The minimum atomic E-state index is -3.50. The second kappa shape index (κ2) is 9.05. The summed E-state index contributed by atoms with van der Waals surface area (Å²) in [4.78, 5) is 15.8. The van der Waals surface area contributed by atoms with Crippen LogP contribution in [0.2, 0.25) is 0 Å². The number of benzene rings is 1. The zero-order valence-corrected chi connectivity index (χ0v) is 20.3. The summed E-state index contributed by atoms with van der Waals surface area (Å²) < 4.78 is 28.4. The van der Waals surface area contributed by atoms with Crippen molar-refractivity contribution in [2.24, 2.45) is 0 Å². The molecule has 3 heterocycles. The van der Waals surface area contributed by atoms with Gasteiger partial charge in [-0.05, 0) is 78.4 Å². The summed E-state index contributed by atoms with van der Waals surface area (Å²) in [6.45, 7) is 5.77. The molecular weight excluding hydrogens is 527 g/mol. The summed E-state index contributed by atoms with van der Waals surface area (Å²) in [6.07, 6.45) is 1.75. The summed E-state index contributed by atoms with van der Waals surface area (Å²) in [5, 5.41) is 3.23. The number of hydrogen-bond acceptors (Lipinski definition) is 7. The molecule has 3 aromatic rings. The Kier molecular flexibility index (Phi) is 6.39. The minimum Gasteiger partial charge on any atom is -0.354 e. The number of sulfonamides is 1. The van der Waals surface area contributed by atoms with E-state index in [2.05, 4.69) is 47.8 Å². The highest BCUT2D eigenvalue weighted by Crippen LogP contribution is 2.23. The highest BCUT2D eigenvalue weighted by Gasteiger charge is 2.29. The molecule has 0 atom stereocenters. The van der Waals surface area contributed by atoms with Gasteiger partial charge >= 0.3 is 0 Å². The summed E-state index contributed by atoms with van der Waals surface area (Å²) in [5.74, 6) is 2.79. The number of anilines is 3. The van der Waals surface area contributed by atoms with E-state index in [0.29, 0.717) is 42.7 Å². The van der Waals surface area contributed by atoms with Gasteiger partial charge in [0, 0.05) is 42.0 Å². The van der Waals surface area contributed by atoms with E-state index in [4.69, 9.17) is 0 Å². The van der Waals surface area contributed by atoms with Crippen LogP contribution in [0.25, 0.3) is 0 Å². The number of rotatable bonds is 5. The average molecular weight is 550 g/mol. The van der Waals surface area contributed by atoms with Crippen LogP contribution in [0.4, 0.5) is 17.5 Å². The highest BCUT2D eigenvalue weighted by atomic mass is 127. The average Bonchev–Trinajstić information content (AvgIpc) is 2.74. The van der Waals surface area contributed by atoms with Gasteiger partial charge in [-0.1, -0.05) is 0 Å². The Labute approximate surface area is 195 Å². The molecule has 10 heteroatoms. The number of piperazine rings is 1. The number of hydrogen-bond donors (Lipinski definition) is 1. The number of aryl methyl sites for hydroxylation is 2. The first-order valence-electron chi connectivity index (χ1n) is 9.87. The zero-order chi connectivity index (χ0) is 22.0. The van der Waals surface area contributed by atoms with Crippen LogP contribution in [0.5, 0.6) is 0 Å². The van der Waals surface area contributed by atoms with Crippen LogP contribution in [0.15, 0.2) is 53.6 Å². The molecule has 1 fully saturated rings. The van der Waals surface area contributed by atoms with Gasteiger partial charge in [-0.3, -0.25) is 0 Å². The SMILES string of the molecule is Cc1ccnc(Nc2cc(N3CCN(S(=O)(=O)c4ccc(I)cc4)CC3)nc(C)n2)c1. The highest BCUT2D eigenvalue weighted by molar-refractivity contribution is 14.1. The van der Waals surface area contributed by atoms with Gasteiger partial charge in [0.25, 0.3) is 0 Å². The molecule has 2 aromatic heterocycles. The molecule has 0 amide bonds. The number of nitrogens with one attached hydrogen (secondary N) is 1. The molecule has 0 unspecified atom stereocenters. The van der Waals surface area contributed by atoms with E-state index in [1.165, 1.54) is 4.31 Å². The van der Waals surface area contributed by atoms with Crippen LogP contribution in [0.1, 0.15) is 11.4 Å². The molecular formula is C21H23IN6O2S. The molecule has 0 aliphatic carbocycles. The molecule has 31 heavy (non-hydrogen) atoms. The second-order valence-electron chi connectivity index (χ2n) is 7.35. The second-order valence-corrected chi connectivity index (χ2v) is 10.5. The third-order valence-electron chi connectivity index (χ3n) is 5.01. The maximum absolute atomic E-state index is 12.9. The third kappa shape index (κ3) is 5.13. The Morgan fingerprint density at radius 2 is 1.65 bits per heavy atom. The number of halogens is 1. The van der Waals surface area contributed by atoms with Gasteiger partial charge in [0.05, 0.1) is 4.90 Å². The lowest BCUT2D eigenvalue weighted by Gasteiger charge is -2.34. The van der Waals surface area contributed by atoms with Gasteiger partial charge in [0.2, 0.25) is 10.0 Å². The molecule has 1 aliphatic rings. The van der Waals surface area contributed by atoms with Crippen molar-refractivity contribution < 1.29 is 8.42 Å². The number of pyridine rings is 1. The Balaban J connectivity index is 1.47. The van der Waals surface area contributed by atoms with Crippen molar-refractivity contribution in [3.63, 3.8) is 0 Å². The monoisotopic (exact) mass is 550 g/mol. The van der Waals surface area contributed by atoms with E-state index in [1.807, 2.05) is 44.2 Å². The largest absolute Gasteiger partial charge is 0.354 e. The van der Waals surface area contributed by atoms with Crippen molar-refractivity contribution in [3.8, 4) is 0 Å². The number of aromatic nitrogens is 3. The summed E-state index contributed by atoms with van der Waals surface area (Å²) in [7, 11) is -3.50. The summed E-state index contributed by atoms with van der Waals surface area (Å²) >= 11 is 2.17. The fourth-order valence-corrected chi connectivity index (χ4v) is 5.21. The molecule has 8 nitrogen and oxygen atoms in total. The lowest BCUT2D eigenvalue weighted by Crippen LogP contribution is -2.49. The topological polar surface area (TPSA) is 91.3 Å². The van der Waals surface area contributed by atoms with E-state index >= 15 is 0 Å². The molecule has 0 spiro atoms. The first kappa shape index (κ1) is 21.9. The Morgan fingerprint density at radius 3 is 2.32 bits per heavy atom. The summed E-state index contributed by atoms with van der Waals surface area (Å²) in [5.41, 5.74) is 1.11. The molecule has 1 saturated heterocycles. The molecule has 162 valence electrons. The van der Waals surface area contributed by atoms with Crippen molar-refractivity contribution in [2.45, 2.75) is 18.7 Å². The van der Waals surface area contributed by atoms with E-state index in [9.17, 15) is 8.42 Å². The Morgan fingerprint density at radius 1 is 0.935 bits per heavy atom. The zero-order valence-electron chi connectivity index (χ0n) is 17.3. The summed E-state index contributed by atoms with van der Waals surface area (Å²) in [6, 6.07) is 12.7. The van der Waals surface area contributed by atoms with Gasteiger partial charge in [-0.15, -0.1) is 0 Å². The minimum absolute atomic E-state index is 0.330. The number of nitrogens with zero attached hydrogens (tertiary/aromatic N) is 5. The van der Waals surface area contributed by atoms with Crippen molar-refractivity contribution in [1.82, 2.24) is 19.3 Å². The van der Waals surface area contributed by atoms with Gasteiger partial charge < -0.3 is 10.2 Å². The Hall–Kier alpha value is -2.31. The predicted octanol–water partition coefficient (Wildman–Crippen LogP) is 3.35. The Bertz CT molecular complexity index is 1180. The van der Waals surface area contributed by atoms with Crippen LogP contribution in [0, 0.1) is 17.4 Å². The fourth-order valence-electron chi connectivity index (χ4n) is 3.43. The van der Waals surface area contributed by atoms with Crippen molar-refractivity contribution in [1.29, 1.82) is 0 Å². The predicted molar refractivity (Wildman–Crippen MR) is 129 cm³/mol. The quantitative estimate of drug-likeness (QED) is 0.488. The van der Waals surface area contributed by atoms with Gasteiger partial charge in [-0.2, -0.15) is 4.31 Å². The molecule has 1 aromatic carbocycles. The van der Waals surface area contributed by atoms with Crippen LogP contribution >= 0.6 is 22.6 Å². The van der Waals surface area contributed by atoms with Gasteiger partial charge in [0.15, 0.2) is 0 Å². The first-order chi connectivity index (χ1) is 14.8. The van der Waals surface area contributed by atoms with E-state index in [0.717, 1.165) is 20.8 Å². The molecule has 1 N–H and O–H groups in total. The smallest absolute Gasteiger partial charge is 0.243 e. The van der Waals surface area contributed by atoms with E-state index < -0.39 is 10.0 Å². The molecule has 4 rings (SSSR count). The normalized spacial score (nSPS) is 15.1. The van der Waals surface area contributed by atoms with Crippen molar-refractivity contribution in [2.75, 3.05) is 36.4 Å². The maximum Gasteiger partial charge on any atom is 0.243 e. The van der Waals surface area contributed by atoms with Crippen LogP contribution in [-0.4, -0.2) is 53.9 Å². The maximum atomic E-state index is 12.9. The molecule has 1 aliphatic heterocycles. The molecule has 0 bridgehead atoms.